The summed E-state index contributed by atoms with van der Waals surface area (Å²) >= 11 is 0. The van der Waals surface area contributed by atoms with E-state index in [0.717, 1.165) is 25.7 Å². The standard InChI is InChI=1S/C10H22N4O2/c1-14(2)8-4-6-11-5-3-7-12-10(15)9-13-16/h9,11,16H,3-8H2,1-2H3,(H,12,15)/p+2/b13-9+. The number of quaternary nitrogens is 2. The van der Waals surface area contributed by atoms with Gasteiger partial charge in [-0.3, -0.25) is 4.79 Å². The molecule has 0 rings (SSSR count). The van der Waals surface area contributed by atoms with Crippen LogP contribution in [0.5, 0.6) is 0 Å². The van der Waals surface area contributed by atoms with Crippen LogP contribution in [0.15, 0.2) is 5.16 Å². The van der Waals surface area contributed by atoms with Gasteiger partial charge in [-0.1, -0.05) is 5.16 Å². The summed E-state index contributed by atoms with van der Waals surface area (Å²) in [5.41, 5.74) is 0. The molecular weight excluding hydrogens is 208 g/mol. The SMILES string of the molecule is C[NH+](C)CCC[NH2+]CCCNC(=O)/C=N/O. The van der Waals surface area contributed by atoms with E-state index in [0.29, 0.717) is 6.54 Å². The Morgan fingerprint density at radius 1 is 1.44 bits per heavy atom. The first-order valence-corrected chi connectivity index (χ1v) is 5.72. The third-order valence-electron chi connectivity index (χ3n) is 2.14. The third-order valence-corrected chi connectivity index (χ3v) is 2.14. The van der Waals surface area contributed by atoms with Crippen molar-refractivity contribution in [1.29, 1.82) is 0 Å². The molecule has 0 atom stereocenters. The van der Waals surface area contributed by atoms with Crippen LogP contribution in [0, 0.1) is 0 Å². The van der Waals surface area contributed by atoms with Gasteiger partial charge in [0.05, 0.1) is 33.7 Å². The number of nitrogens with zero attached hydrogens (tertiary/aromatic N) is 1. The van der Waals surface area contributed by atoms with Crippen molar-refractivity contribution in [2.75, 3.05) is 40.3 Å². The Morgan fingerprint density at radius 2 is 2.12 bits per heavy atom. The highest BCUT2D eigenvalue weighted by Gasteiger charge is 1.97. The summed E-state index contributed by atoms with van der Waals surface area (Å²) in [5.74, 6) is -0.348. The Hall–Kier alpha value is -1.14. The first-order chi connectivity index (χ1) is 7.66. The third kappa shape index (κ3) is 10.9. The van der Waals surface area contributed by atoms with Crippen LogP contribution in [0.2, 0.25) is 0 Å². The van der Waals surface area contributed by atoms with Gasteiger partial charge in [0.1, 0.15) is 6.21 Å². The van der Waals surface area contributed by atoms with E-state index in [4.69, 9.17) is 5.21 Å². The Labute approximate surface area is 96.7 Å². The minimum atomic E-state index is -0.348. The quantitative estimate of drug-likeness (QED) is 0.148. The summed E-state index contributed by atoms with van der Waals surface area (Å²) in [6.07, 6.45) is 3.01. The zero-order chi connectivity index (χ0) is 12.2. The van der Waals surface area contributed by atoms with Crippen LogP contribution in [0.3, 0.4) is 0 Å². The van der Waals surface area contributed by atoms with Gasteiger partial charge in [0.25, 0.3) is 5.91 Å². The molecule has 0 fully saturated rings. The average molecular weight is 232 g/mol. The predicted octanol–water partition coefficient (Wildman–Crippen LogP) is -2.95. The maximum Gasteiger partial charge on any atom is 0.265 e. The molecule has 6 heteroatoms. The number of hydrogen-bond donors (Lipinski definition) is 4. The monoisotopic (exact) mass is 232 g/mol. The van der Waals surface area contributed by atoms with Gasteiger partial charge in [-0.2, -0.15) is 0 Å². The number of amides is 1. The number of oxime groups is 1. The van der Waals surface area contributed by atoms with Crippen LogP contribution in [0.4, 0.5) is 0 Å². The molecule has 0 aromatic heterocycles. The summed E-state index contributed by atoms with van der Waals surface area (Å²) < 4.78 is 0. The molecule has 0 saturated heterocycles. The summed E-state index contributed by atoms with van der Waals surface area (Å²) in [7, 11) is 4.30. The molecule has 0 radical (unpaired) electrons. The van der Waals surface area contributed by atoms with Crippen molar-refractivity contribution in [3.05, 3.63) is 0 Å². The van der Waals surface area contributed by atoms with Crippen LogP contribution in [-0.4, -0.2) is 57.6 Å². The average Bonchev–Trinajstić information content (AvgIpc) is 2.22. The molecule has 0 spiro atoms. The van der Waals surface area contributed by atoms with E-state index in [9.17, 15) is 4.79 Å². The lowest BCUT2D eigenvalue weighted by Gasteiger charge is -2.06. The van der Waals surface area contributed by atoms with E-state index in [-0.39, 0.29) is 5.91 Å². The Morgan fingerprint density at radius 3 is 2.75 bits per heavy atom. The van der Waals surface area contributed by atoms with Crippen LogP contribution >= 0.6 is 0 Å². The van der Waals surface area contributed by atoms with E-state index >= 15 is 0 Å². The van der Waals surface area contributed by atoms with Gasteiger partial charge < -0.3 is 20.7 Å². The molecule has 1 amide bonds. The van der Waals surface area contributed by atoms with Gasteiger partial charge in [0.2, 0.25) is 0 Å². The van der Waals surface area contributed by atoms with E-state index in [1.165, 1.54) is 17.9 Å². The van der Waals surface area contributed by atoms with Crippen molar-refractivity contribution in [3.63, 3.8) is 0 Å². The van der Waals surface area contributed by atoms with E-state index in [1.54, 1.807) is 0 Å². The Balaban J connectivity index is 3.13. The van der Waals surface area contributed by atoms with Crippen molar-refractivity contribution >= 4 is 12.1 Å². The van der Waals surface area contributed by atoms with E-state index in [2.05, 4.69) is 29.9 Å². The van der Waals surface area contributed by atoms with E-state index < -0.39 is 0 Å². The smallest absolute Gasteiger partial charge is 0.265 e. The molecule has 0 aliphatic heterocycles. The number of nitrogens with one attached hydrogen (secondary N) is 2. The van der Waals surface area contributed by atoms with Crippen LogP contribution in [0.25, 0.3) is 0 Å². The lowest BCUT2D eigenvalue weighted by molar-refractivity contribution is -0.860. The van der Waals surface area contributed by atoms with Crippen LogP contribution in [0.1, 0.15) is 12.8 Å². The fourth-order valence-corrected chi connectivity index (χ4v) is 1.30. The molecule has 0 aromatic rings. The lowest BCUT2D eigenvalue weighted by atomic mass is 10.3. The molecule has 94 valence electrons. The molecular formula is C10H24N4O2+2. The summed E-state index contributed by atoms with van der Waals surface area (Å²) in [4.78, 5) is 12.3. The molecule has 0 aromatic carbocycles. The Bertz CT molecular complexity index is 207. The van der Waals surface area contributed by atoms with Crippen molar-refractivity contribution < 1.29 is 20.2 Å². The van der Waals surface area contributed by atoms with Crippen molar-refractivity contribution in [2.24, 2.45) is 5.16 Å². The highest BCUT2D eigenvalue weighted by molar-refractivity contribution is 6.25. The second kappa shape index (κ2) is 10.4. The molecule has 5 N–H and O–H groups in total. The fraction of sp³-hybridized carbons (Fsp3) is 0.800. The van der Waals surface area contributed by atoms with Gasteiger partial charge in [0.15, 0.2) is 0 Å². The van der Waals surface area contributed by atoms with Gasteiger partial charge in [-0.15, -0.1) is 0 Å². The lowest BCUT2D eigenvalue weighted by Crippen LogP contribution is -3.06. The molecule has 6 nitrogen and oxygen atoms in total. The number of carbonyl (C=O) groups is 1. The highest BCUT2D eigenvalue weighted by atomic mass is 16.4. The van der Waals surface area contributed by atoms with Crippen molar-refractivity contribution in [1.82, 2.24) is 5.32 Å². The molecule has 16 heavy (non-hydrogen) atoms. The zero-order valence-electron chi connectivity index (χ0n) is 10.2. The maximum absolute atomic E-state index is 10.8. The minimum Gasteiger partial charge on any atom is -0.411 e. The first kappa shape index (κ1) is 14.9. The second-order valence-electron chi connectivity index (χ2n) is 4.07. The molecule has 0 aliphatic rings. The first-order valence-electron chi connectivity index (χ1n) is 5.72. The highest BCUT2D eigenvalue weighted by Crippen LogP contribution is 1.69. The predicted molar refractivity (Wildman–Crippen MR) is 61.9 cm³/mol. The molecule has 0 bridgehead atoms. The number of nitrogens with two attached hydrogens (primary N) is 1. The topological polar surface area (TPSA) is 82.7 Å². The van der Waals surface area contributed by atoms with Crippen molar-refractivity contribution in [3.8, 4) is 0 Å². The van der Waals surface area contributed by atoms with Gasteiger partial charge in [-0.25, -0.2) is 0 Å². The van der Waals surface area contributed by atoms with Gasteiger partial charge >= 0.3 is 0 Å². The van der Waals surface area contributed by atoms with Crippen LogP contribution in [-0.2, 0) is 4.79 Å². The van der Waals surface area contributed by atoms with Crippen LogP contribution < -0.4 is 15.5 Å². The van der Waals surface area contributed by atoms with Crippen molar-refractivity contribution in [2.45, 2.75) is 12.8 Å². The normalized spacial score (nSPS) is 11.2. The molecule has 0 heterocycles. The minimum absolute atomic E-state index is 0.348. The summed E-state index contributed by atoms with van der Waals surface area (Å²) in [6, 6.07) is 0. The van der Waals surface area contributed by atoms with Gasteiger partial charge in [-0.05, 0) is 0 Å². The Kier molecular flexibility index (Phi) is 9.64. The number of hydrogen-bond acceptors (Lipinski definition) is 3. The van der Waals surface area contributed by atoms with Gasteiger partial charge in [0, 0.05) is 19.4 Å². The number of carbonyl (C=O) groups excluding carboxylic acids is 1. The molecule has 0 saturated carbocycles. The zero-order valence-corrected chi connectivity index (χ0v) is 10.2. The second-order valence-corrected chi connectivity index (χ2v) is 4.07. The fourth-order valence-electron chi connectivity index (χ4n) is 1.30. The number of rotatable bonds is 9. The summed E-state index contributed by atoms with van der Waals surface area (Å²) in [6.45, 7) is 3.97. The maximum atomic E-state index is 10.8. The summed E-state index contributed by atoms with van der Waals surface area (Å²) in [5, 5.41) is 15.6. The largest absolute Gasteiger partial charge is 0.411 e. The van der Waals surface area contributed by atoms with E-state index in [1.807, 2.05) is 0 Å². The molecule has 0 aliphatic carbocycles. The molecule has 0 unspecified atom stereocenters.